The second-order valence-electron chi connectivity index (χ2n) is 6.91. The molecule has 0 fully saturated rings. The number of carbonyl (C=O) groups is 2. The van der Waals surface area contributed by atoms with E-state index >= 15 is 0 Å². The van der Waals surface area contributed by atoms with Gasteiger partial charge in [-0.3, -0.25) is 14.5 Å². The first-order valence-corrected chi connectivity index (χ1v) is 8.65. The highest BCUT2D eigenvalue weighted by Gasteiger charge is 2.38. The molecule has 2 heterocycles. The van der Waals surface area contributed by atoms with Crippen molar-refractivity contribution in [2.75, 3.05) is 27.2 Å². The van der Waals surface area contributed by atoms with E-state index in [0.29, 0.717) is 40.5 Å². The van der Waals surface area contributed by atoms with Gasteiger partial charge in [0.25, 0.3) is 11.8 Å². The van der Waals surface area contributed by atoms with Crippen LogP contribution in [0.3, 0.4) is 0 Å². The number of aromatic hydroxyl groups is 1. The lowest BCUT2D eigenvalue weighted by Gasteiger charge is -2.16. The molecule has 2 N–H and O–H groups in total. The highest BCUT2D eigenvalue weighted by atomic mass is 35.5. The zero-order valence-corrected chi connectivity index (χ0v) is 15.4. The number of carbonyl (C=O) groups excluding carboxylic acids is 2. The van der Waals surface area contributed by atoms with Crippen LogP contribution in [-0.2, 0) is 0 Å². The SMILES string of the molecule is Cc1cc2c(c3c1[nH]c1cc(Cl)c(O)cc13)C(=O)N(CCN(C)C)C2=O. The van der Waals surface area contributed by atoms with Gasteiger partial charge in [0.1, 0.15) is 5.75 Å². The van der Waals surface area contributed by atoms with Crippen LogP contribution in [0.4, 0.5) is 0 Å². The number of hydrogen-bond acceptors (Lipinski definition) is 4. The summed E-state index contributed by atoms with van der Waals surface area (Å²) in [6.45, 7) is 2.82. The zero-order chi connectivity index (χ0) is 18.7. The summed E-state index contributed by atoms with van der Waals surface area (Å²) < 4.78 is 0. The maximum atomic E-state index is 13.0. The minimum atomic E-state index is -0.299. The third kappa shape index (κ3) is 2.29. The van der Waals surface area contributed by atoms with Crippen LogP contribution in [0.5, 0.6) is 5.75 Å². The molecule has 1 aliphatic rings. The molecule has 0 spiro atoms. The van der Waals surface area contributed by atoms with Crippen LogP contribution in [0.25, 0.3) is 21.8 Å². The maximum Gasteiger partial charge on any atom is 0.262 e. The molecule has 0 unspecified atom stereocenters. The number of hydrogen-bond donors (Lipinski definition) is 2. The summed E-state index contributed by atoms with van der Waals surface area (Å²) in [5.74, 6) is -0.631. The number of H-pyrrole nitrogens is 1. The van der Waals surface area contributed by atoms with Gasteiger partial charge in [-0.05, 0) is 44.8 Å². The minimum Gasteiger partial charge on any atom is -0.506 e. The summed E-state index contributed by atoms with van der Waals surface area (Å²) in [4.78, 5) is 32.3. The quantitative estimate of drug-likeness (QED) is 0.693. The fourth-order valence-corrected chi connectivity index (χ4v) is 3.69. The van der Waals surface area contributed by atoms with Gasteiger partial charge in [0.15, 0.2) is 0 Å². The van der Waals surface area contributed by atoms with Crippen molar-refractivity contribution in [1.82, 2.24) is 14.8 Å². The summed E-state index contributed by atoms with van der Waals surface area (Å²) in [7, 11) is 3.79. The number of aryl methyl sites for hydroxylation is 1. The van der Waals surface area contributed by atoms with Gasteiger partial charge in [-0.25, -0.2) is 0 Å². The molecule has 0 saturated carbocycles. The van der Waals surface area contributed by atoms with Crippen LogP contribution in [0.1, 0.15) is 26.3 Å². The van der Waals surface area contributed by atoms with Crippen LogP contribution in [0.15, 0.2) is 18.2 Å². The predicted molar refractivity (Wildman–Crippen MR) is 101 cm³/mol. The lowest BCUT2D eigenvalue weighted by Crippen LogP contribution is -2.35. The van der Waals surface area contributed by atoms with Crippen LogP contribution in [-0.4, -0.2) is 58.9 Å². The summed E-state index contributed by atoms with van der Waals surface area (Å²) in [6.07, 6.45) is 0. The highest BCUT2D eigenvalue weighted by Crippen LogP contribution is 2.39. The smallest absolute Gasteiger partial charge is 0.262 e. The molecule has 26 heavy (non-hydrogen) atoms. The molecule has 6 nitrogen and oxygen atoms in total. The van der Waals surface area contributed by atoms with E-state index in [4.69, 9.17) is 11.6 Å². The van der Waals surface area contributed by atoms with Gasteiger partial charge in [-0.1, -0.05) is 11.6 Å². The van der Waals surface area contributed by atoms with E-state index < -0.39 is 0 Å². The first-order valence-electron chi connectivity index (χ1n) is 8.28. The topological polar surface area (TPSA) is 76.6 Å². The summed E-state index contributed by atoms with van der Waals surface area (Å²) in [6, 6.07) is 4.92. The number of aromatic amines is 1. The molecule has 0 radical (unpaired) electrons. The number of aromatic nitrogens is 1. The van der Waals surface area contributed by atoms with E-state index in [1.165, 1.54) is 11.0 Å². The molecule has 1 aliphatic heterocycles. The van der Waals surface area contributed by atoms with E-state index in [0.717, 1.165) is 11.1 Å². The Balaban J connectivity index is 1.99. The number of halogens is 1. The normalized spacial score (nSPS) is 14.3. The third-order valence-electron chi connectivity index (χ3n) is 4.85. The van der Waals surface area contributed by atoms with E-state index in [2.05, 4.69) is 4.98 Å². The molecule has 0 atom stereocenters. The van der Waals surface area contributed by atoms with Gasteiger partial charge >= 0.3 is 0 Å². The molecule has 0 saturated heterocycles. The maximum absolute atomic E-state index is 13.0. The number of imide groups is 1. The number of nitrogens with zero attached hydrogens (tertiary/aromatic N) is 2. The van der Waals surface area contributed by atoms with Crippen molar-refractivity contribution in [2.45, 2.75) is 6.92 Å². The molecule has 3 aromatic rings. The van der Waals surface area contributed by atoms with Gasteiger partial charge in [0.05, 0.1) is 21.7 Å². The second kappa shape index (κ2) is 5.72. The number of rotatable bonds is 3. The van der Waals surface area contributed by atoms with E-state index in [1.54, 1.807) is 12.1 Å². The Labute approximate surface area is 154 Å². The molecular formula is C19H18ClN3O3. The van der Waals surface area contributed by atoms with Crippen LogP contribution < -0.4 is 0 Å². The van der Waals surface area contributed by atoms with Gasteiger partial charge in [-0.15, -0.1) is 0 Å². The largest absolute Gasteiger partial charge is 0.506 e. The average Bonchev–Trinajstić information content (AvgIpc) is 3.03. The van der Waals surface area contributed by atoms with Crippen molar-refractivity contribution in [2.24, 2.45) is 0 Å². The van der Waals surface area contributed by atoms with Crippen molar-refractivity contribution >= 4 is 45.2 Å². The summed E-state index contributed by atoms with van der Waals surface area (Å²) >= 11 is 6.01. The highest BCUT2D eigenvalue weighted by molar-refractivity contribution is 6.34. The number of likely N-dealkylation sites (N-methyl/N-ethyl adjacent to an activating group) is 1. The molecule has 7 heteroatoms. The van der Waals surface area contributed by atoms with E-state index in [-0.39, 0.29) is 22.6 Å². The zero-order valence-electron chi connectivity index (χ0n) is 14.7. The Kier molecular flexibility index (Phi) is 3.71. The van der Waals surface area contributed by atoms with Gasteiger partial charge in [0, 0.05) is 29.4 Å². The van der Waals surface area contributed by atoms with Crippen LogP contribution in [0, 0.1) is 6.92 Å². The molecular weight excluding hydrogens is 354 g/mol. The van der Waals surface area contributed by atoms with Crippen LogP contribution in [0.2, 0.25) is 5.02 Å². The minimum absolute atomic E-state index is 0.0587. The lowest BCUT2D eigenvalue weighted by molar-refractivity contribution is 0.0645. The molecule has 4 rings (SSSR count). The number of benzene rings is 2. The molecule has 2 amide bonds. The number of amides is 2. The van der Waals surface area contributed by atoms with Crippen molar-refractivity contribution in [3.8, 4) is 5.75 Å². The third-order valence-corrected chi connectivity index (χ3v) is 5.15. The summed E-state index contributed by atoms with van der Waals surface area (Å²) in [5.41, 5.74) is 3.15. The standard InChI is InChI=1S/C19H18ClN3O3/c1-9-6-11-16(19(26)23(18(11)25)5-4-22(2)3)15-10-7-14(24)12(20)8-13(10)21-17(9)15/h6-8,21,24H,4-5H2,1-3H3. The molecule has 1 aromatic heterocycles. The van der Waals surface area contributed by atoms with E-state index in [1.807, 2.05) is 25.9 Å². The Hall–Kier alpha value is -2.57. The molecule has 134 valence electrons. The number of phenols is 1. The van der Waals surface area contributed by atoms with Crippen molar-refractivity contribution < 1.29 is 14.7 Å². The monoisotopic (exact) mass is 371 g/mol. The van der Waals surface area contributed by atoms with E-state index in [9.17, 15) is 14.7 Å². The second-order valence-corrected chi connectivity index (χ2v) is 7.31. The molecule has 2 aromatic carbocycles. The summed E-state index contributed by atoms with van der Waals surface area (Å²) in [5, 5.41) is 11.6. The van der Waals surface area contributed by atoms with Crippen molar-refractivity contribution in [1.29, 1.82) is 0 Å². The fraction of sp³-hybridized carbons (Fsp3) is 0.263. The van der Waals surface area contributed by atoms with Gasteiger partial charge in [-0.2, -0.15) is 0 Å². The Morgan fingerprint density at radius 1 is 1.19 bits per heavy atom. The lowest BCUT2D eigenvalue weighted by atomic mass is 9.99. The number of nitrogens with one attached hydrogen (secondary N) is 1. The molecule has 0 aliphatic carbocycles. The first kappa shape index (κ1) is 16.9. The van der Waals surface area contributed by atoms with Crippen LogP contribution >= 0.6 is 11.6 Å². The molecule has 0 bridgehead atoms. The van der Waals surface area contributed by atoms with Gasteiger partial charge in [0.2, 0.25) is 0 Å². The van der Waals surface area contributed by atoms with Crippen molar-refractivity contribution in [3.05, 3.63) is 39.9 Å². The number of fused-ring (bicyclic) bond motifs is 5. The Morgan fingerprint density at radius 3 is 2.62 bits per heavy atom. The fourth-order valence-electron chi connectivity index (χ4n) is 3.52. The Bertz CT molecular complexity index is 1100. The number of phenolic OH excluding ortho intramolecular Hbond substituents is 1. The first-order chi connectivity index (χ1) is 12.3. The average molecular weight is 372 g/mol. The van der Waals surface area contributed by atoms with Gasteiger partial charge < -0.3 is 15.0 Å². The Morgan fingerprint density at radius 2 is 1.92 bits per heavy atom. The predicted octanol–water partition coefficient (Wildman–Crippen LogP) is 3.15. The van der Waals surface area contributed by atoms with Crippen molar-refractivity contribution in [3.63, 3.8) is 0 Å².